The highest BCUT2D eigenvalue weighted by atomic mass is 16.7. The fraction of sp³-hybridized carbons (Fsp3) is 0.421. The van der Waals surface area contributed by atoms with E-state index in [4.69, 9.17) is 9.47 Å². The largest absolute Gasteiger partial charge is 0.353 e. The Morgan fingerprint density at radius 1 is 1.14 bits per heavy atom. The van der Waals surface area contributed by atoms with Crippen molar-refractivity contribution in [2.24, 2.45) is 0 Å². The lowest BCUT2D eigenvalue weighted by atomic mass is 10.0. The van der Waals surface area contributed by atoms with E-state index in [9.17, 15) is 4.79 Å². The molecule has 3 nitrogen and oxygen atoms in total. The summed E-state index contributed by atoms with van der Waals surface area (Å²) in [6, 6.07) is 9.93. The molecule has 0 radical (unpaired) electrons. The molecule has 22 heavy (non-hydrogen) atoms. The van der Waals surface area contributed by atoms with Gasteiger partial charge in [-0.3, -0.25) is 0 Å². The van der Waals surface area contributed by atoms with E-state index in [1.165, 1.54) is 0 Å². The van der Waals surface area contributed by atoms with Crippen LogP contribution in [0.15, 0.2) is 50.1 Å². The summed E-state index contributed by atoms with van der Waals surface area (Å²) in [6.45, 7) is 17.2. The molecule has 0 aliphatic carbocycles. The van der Waals surface area contributed by atoms with Crippen molar-refractivity contribution in [3.8, 4) is 0 Å². The highest BCUT2D eigenvalue weighted by Gasteiger charge is 1.96. The second kappa shape index (κ2) is 17.3. The average molecular weight is 306 g/mol. The summed E-state index contributed by atoms with van der Waals surface area (Å²) in [4.78, 5) is 10.1. The highest BCUT2D eigenvalue weighted by molar-refractivity contribution is 5.65. The number of hydrogen-bond acceptors (Lipinski definition) is 3. The van der Waals surface area contributed by atoms with Crippen LogP contribution < -0.4 is 0 Å². The minimum Gasteiger partial charge on any atom is -0.353 e. The van der Waals surface area contributed by atoms with Crippen LogP contribution in [0.25, 0.3) is 5.57 Å². The number of benzene rings is 1. The Kier molecular flexibility index (Phi) is 17.8. The van der Waals surface area contributed by atoms with Gasteiger partial charge in [-0.1, -0.05) is 36.9 Å². The first-order chi connectivity index (χ1) is 10.7. The maximum atomic E-state index is 10.1. The van der Waals surface area contributed by atoms with Crippen LogP contribution in [-0.4, -0.2) is 25.8 Å². The van der Waals surface area contributed by atoms with Crippen LogP contribution in [0.5, 0.6) is 0 Å². The predicted molar refractivity (Wildman–Crippen MR) is 94.7 cm³/mol. The maximum Gasteiger partial charge on any atom is 0.154 e. The molecule has 0 aromatic heterocycles. The molecule has 0 heterocycles. The number of aldehydes is 1. The second-order valence-corrected chi connectivity index (χ2v) is 4.15. The second-order valence-electron chi connectivity index (χ2n) is 4.15. The van der Waals surface area contributed by atoms with Gasteiger partial charge in [0.1, 0.15) is 6.29 Å². The topological polar surface area (TPSA) is 35.5 Å². The van der Waals surface area contributed by atoms with Crippen molar-refractivity contribution in [2.45, 2.75) is 39.9 Å². The first kappa shape index (κ1) is 22.6. The normalized spacial score (nSPS) is 9.09. The van der Waals surface area contributed by atoms with Gasteiger partial charge < -0.3 is 14.3 Å². The van der Waals surface area contributed by atoms with Gasteiger partial charge in [0.2, 0.25) is 0 Å². The molecule has 124 valence electrons. The molecule has 0 N–H and O–H groups in total. The van der Waals surface area contributed by atoms with Gasteiger partial charge in [-0.05, 0) is 38.3 Å². The van der Waals surface area contributed by atoms with Crippen LogP contribution in [0.4, 0.5) is 0 Å². The van der Waals surface area contributed by atoms with Gasteiger partial charge in [0, 0.05) is 19.6 Å². The standard InChI is InChI=1S/C11H12O.C6H14O2.C2H4/c1-10(6-5-9-12)11-7-3-2-4-8-11;1-4-7-6(3)8-5-2;1-2/h2-4,7-9H,1,5-6H2;6H,4-5H2,1-3H3;1-2H2. The Morgan fingerprint density at radius 2 is 1.64 bits per heavy atom. The van der Waals surface area contributed by atoms with Crippen molar-refractivity contribution in [1.82, 2.24) is 0 Å². The van der Waals surface area contributed by atoms with Gasteiger partial charge >= 0.3 is 0 Å². The van der Waals surface area contributed by atoms with Gasteiger partial charge in [-0.15, -0.1) is 13.2 Å². The predicted octanol–water partition coefficient (Wildman–Crippen LogP) is 4.89. The fourth-order valence-electron chi connectivity index (χ4n) is 1.57. The zero-order chi connectivity index (χ0) is 17.2. The average Bonchev–Trinajstić information content (AvgIpc) is 2.56. The lowest BCUT2D eigenvalue weighted by molar-refractivity contribution is -0.123. The van der Waals surface area contributed by atoms with Crippen molar-refractivity contribution in [2.75, 3.05) is 13.2 Å². The van der Waals surface area contributed by atoms with Gasteiger partial charge in [0.15, 0.2) is 6.29 Å². The quantitative estimate of drug-likeness (QED) is 0.390. The summed E-state index contributed by atoms with van der Waals surface area (Å²) >= 11 is 0. The van der Waals surface area contributed by atoms with E-state index in [1.54, 1.807) is 0 Å². The SMILES string of the molecule is C=C.C=C(CCC=O)c1ccccc1.CCOC(C)OCC. The summed E-state index contributed by atoms with van der Waals surface area (Å²) in [5.74, 6) is 0. The molecule has 0 aliphatic rings. The van der Waals surface area contributed by atoms with Crippen molar-refractivity contribution in [3.05, 3.63) is 55.6 Å². The summed E-state index contributed by atoms with van der Waals surface area (Å²) in [6.07, 6.45) is 2.21. The molecule has 0 saturated carbocycles. The first-order valence-corrected chi connectivity index (χ1v) is 7.55. The minimum absolute atomic E-state index is 0.0370. The summed E-state index contributed by atoms with van der Waals surface area (Å²) in [5.41, 5.74) is 2.15. The highest BCUT2D eigenvalue weighted by Crippen LogP contribution is 2.15. The molecular formula is C19H30O3. The Balaban J connectivity index is 0. The molecule has 0 spiro atoms. The van der Waals surface area contributed by atoms with Crippen LogP contribution in [0.2, 0.25) is 0 Å². The third-order valence-electron chi connectivity index (χ3n) is 2.55. The third-order valence-corrected chi connectivity index (χ3v) is 2.55. The van der Waals surface area contributed by atoms with E-state index >= 15 is 0 Å². The van der Waals surface area contributed by atoms with E-state index in [1.807, 2.05) is 51.1 Å². The van der Waals surface area contributed by atoms with E-state index in [-0.39, 0.29) is 6.29 Å². The Labute approximate surface area is 135 Å². The van der Waals surface area contributed by atoms with E-state index in [0.29, 0.717) is 6.42 Å². The number of allylic oxidation sites excluding steroid dienone is 1. The van der Waals surface area contributed by atoms with Gasteiger partial charge in [-0.25, -0.2) is 0 Å². The maximum absolute atomic E-state index is 10.1. The zero-order valence-corrected chi connectivity index (χ0v) is 14.2. The summed E-state index contributed by atoms with van der Waals surface area (Å²) in [5, 5.41) is 0. The van der Waals surface area contributed by atoms with E-state index in [2.05, 4.69) is 19.7 Å². The fourth-order valence-corrected chi connectivity index (χ4v) is 1.57. The summed E-state index contributed by atoms with van der Waals surface area (Å²) in [7, 11) is 0. The third kappa shape index (κ3) is 13.3. The Hall–Kier alpha value is -1.71. The molecule has 0 saturated heterocycles. The number of carbonyl (C=O) groups is 1. The van der Waals surface area contributed by atoms with Crippen molar-refractivity contribution in [3.63, 3.8) is 0 Å². The molecule has 1 aromatic carbocycles. The molecule has 0 atom stereocenters. The summed E-state index contributed by atoms with van der Waals surface area (Å²) < 4.78 is 10.1. The molecule has 0 aliphatic heterocycles. The molecule has 0 unspecified atom stereocenters. The minimum atomic E-state index is -0.0370. The molecule has 0 bridgehead atoms. The lowest BCUT2D eigenvalue weighted by Crippen LogP contribution is -2.11. The molecule has 0 amide bonds. The molecule has 0 fully saturated rings. The van der Waals surface area contributed by atoms with Crippen molar-refractivity contribution < 1.29 is 14.3 Å². The van der Waals surface area contributed by atoms with Gasteiger partial charge in [0.25, 0.3) is 0 Å². The molecule has 3 heteroatoms. The lowest BCUT2D eigenvalue weighted by Gasteiger charge is -2.09. The molecule has 1 aromatic rings. The van der Waals surface area contributed by atoms with Crippen LogP contribution in [0.3, 0.4) is 0 Å². The number of hydrogen-bond donors (Lipinski definition) is 0. The smallest absolute Gasteiger partial charge is 0.154 e. The number of ether oxygens (including phenoxy) is 2. The zero-order valence-electron chi connectivity index (χ0n) is 14.2. The van der Waals surface area contributed by atoms with Crippen molar-refractivity contribution in [1.29, 1.82) is 0 Å². The van der Waals surface area contributed by atoms with Crippen molar-refractivity contribution >= 4 is 11.9 Å². The Bertz CT molecular complexity index is 368. The number of carbonyl (C=O) groups excluding carboxylic acids is 1. The monoisotopic (exact) mass is 306 g/mol. The van der Waals surface area contributed by atoms with Crippen LogP contribution in [-0.2, 0) is 14.3 Å². The van der Waals surface area contributed by atoms with Gasteiger partial charge in [-0.2, -0.15) is 0 Å². The van der Waals surface area contributed by atoms with Crippen LogP contribution >= 0.6 is 0 Å². The van der Waals surface area contributed by atoms with E-state index < -0.39 is 0 Å². The Morgan fingerprint density at radius 3 is 2.05 bits per heavy atom. The number of rotatable bonds is 8. The molecule has 1 rings (SSSR count). The molecular weight excluding hydrogens is 276 g/mol. The van der Waals surface area contributed by atoms with E-state index in [0.717, 1.165) is 37.1 Å². The van der Waals surface area contributed by atoms with Crippen LogP contribution in [0, 0.1) is 0 Å². The van der Waals surface area contributed by atoms with Gasteiger partial charge in [0.05, 0.1) is 0 Å². The first-order valence-electron chi connectivity index (χ1n) is 7.55. The van der Waals surface area contributed by atoms with Crippen LogP contribution in [0.1, 0.15) is 39.2 Å².